The highest BCUT2D eigenvalue weighted by Gasteiger charge is 2.29. The largest absolute Gasteiger partial charge is 0.353 e. The van der Waals surface area contributed by atoms with Crippen molar-refractivity contribution in [1.29, 1.82) is 0 Å². The van der Waals surface area contributed by atoms with Crippen LogP contribution in [0.25, 0.3) is 0 Å². The van der Waals surface area contributed by atoms with E-state index < -0.39 is 0 Å². The number of carbonyl (C=O) groups excluding carboxylic acids is 4. The van der Waals surface area contributed by atoms with Crippen molar-refractivity contribution in [2.75, 3.05) is 0 Å². The van der Waals surface area contributed by atoms with Crippen LogP contribution < -0.4 is 21.3 Å². The number of rotatable bonds is 15. The lowest BCUT2D eigenvalue weighted by atomic mass is 9.89. The Morgan fingerprint density at radius 1 is 0.409 bits per heavy atom. The zero-order valence-corrected chi connectivity index (χ0v) is 27.5. The van der Waals surface area contributed by atoms with Crippen molar-refractivity contribution in [3.05, 3.63) is 0 Å². The fourth-order valence-corrected chi connectivity index (χ4v) is 8.08. The van der Waals surface area contributed by atoms with E-state index in [0.717, 1.165) is 116 Å². The summed E-state index contributed by atoms with van der Waals surface area (Å²) in [5.41, 5.74) is 0. The molecular formula is C36H62N4O4. The molecule has 0 aliphatic heterocycles. The lowest BCUT2D eigenvalue weighted by molar-refractivity contribution is -0.132. The maximum absolute atomic E-state index is 13.4. The van der Waals surface area contributed by atoms with Gasteiger partial charge < -0.3 is 21.3 Å². The van der Waals surface area contributed by atoms with E-state index in [1.165, 1.54) is 25.7 Å². The molecule has 0 radical (unpaired) electrons. The highest BCUT2D eigenvalue weighted by Crippen LogP contribution is 2.25. The van der Waals surface area contributed by atoms with Crippen molar-refractivity contribution in [1.82, 2.24) is 21.3 Å². The summed E-state index contributed by atoms with van der Waals surface area (Å²) in [6.07, 6.45) is 25.6. The summed E-state index contributed by atoms with van der Waals surface area (Å²) in [5.74, 6) is -0.716. The number of hydrogen-bond acceptors (Lipinski definition) is 4. The first-order valence-electron chi connectivity index (χ1n) is 18.7. The molecule has 4 N–H and O–H groups in total. The second-order valence-corrected chi connectivity index (χ2v) is 14.6. The molecule has 250 valence electrons. The van der Waals surface area contributed by atoms with Gasteiger partial charge in [-0.1, -0.05) is 89.9 Å². The van der Waals surface area contributed by atoms with Crippen LogP contribution in [0.15, 0.2) is 0 Å². The molecular weight excluding hydrogens is 552 g/mol. The summed E-state index contributed by atoms with van der Waals surface area (Å²) in [5, 5.41) is 13.0. The van der Waals surface area contributed by atoms with Crippen molar-refractivity contribution in [3.63, 3.8) is 0 Å². The minimum atomic E-state index is -0.357. The third-order valence-electron chi connectivity index (χ3n) is 10.8. The van der Waals surface area contributed by atoms with Gasteiger partial charge in [0, 0.05) is 48.8 Å². The molecule has 0 heterocycles. The van der Waals surface area contributed by atoms with Crippen molar-refractivity contribution in [2.45, 2.75) is 191 Å². The number of hydrogen-bond donors (Lipinski definition) is 4. The highest BCUT2D eigenvalue weighted by atomic mass is 16.2. The quantitative estimate of drug-likeness (QED) is 0.161. The topological polar surface area (TPSA) is 116 Å². The second-order valence-electron chi connectivity index (χ2n) is 14.6. The molecule has 4 amide bonds. The predicted molar refractivity (Wildman–Crippen MR) is 175 cm³/mol. The fourth-order valence-electron chi connectivity index (χ4n) is 8.08. The predicted octanol–water partition coefficient (Wildman–Crippen LogP) is 6.36. The van der Waals surface area contributed by atoms with Crippen LogP contribution in [-0.4, -0.2) is 47.8 Å². The van der Waals surface area contributed by atoms with Gasteiger partial charge in [-0.05, 0) is 64.2 Å². The van der Waals surface area contributed by atoms with Gasteiger partial charge in [-0.25, -0.2) is 0 Å². The van der Waals surface area contributed by atoms with Crippen LogP contribution >= 0.6 is 0 Å². The van der Waals surface area contributed by atoms with Gasteiger partial charge in [0.05, 0.1) is 0 Å². The van der Waals surface area contributed by atoms with Crippen molar-refractivity contribution >= 4 is 23.6 Å². The maximum Gasteiger partial charge on any atom is 0.223 e. The van der Waals surface area contributed by atoms with Crippen molar-refractivity contribution < 1.29 is 19.2 Å². The van der Waals surface area contributed by atoms with Crippen LogP contribution in [0.3, 0.4) is 0 Å². The first-order chi connectivity index (χ1) is 21.5. The Morgan fingerprint density at radius 3 is 0.977 bits per heavy atom. The average Bonchev–Trinajstić information content (AvgIpc) is 3.03. The van der Waals surface area contributed by atoms with E-state index in [1.807, 2.05) is 0 Å². The Kier molecular flexibility index (Phi) is 15.3. The Balaban J connectivity index is 1.30. The molecule has 4 rings (SSSR count). The van der Waals surface area contributed by atoms with Crippen LogP contribution in [0.4, 0.5) is 0 Å². The lowest BCUT2D eigenvalue weighted by Crippen LogP contribution is -2.43. The van der Waals surface area contributed by atoms with Gasteiger partial charge >= 0.3 is 0 Å². The van der Waals surface area contributed by atoms with E-state index in [1.54, 1.807) is 0 Å². The van der Waals surface area contributed by atoms with E-state index >= 15 is 0 Å². The van der Waals surface area contributed by atoms with Crippen LogP contribution in [0.5, 0.6) is 0 Å². The van der Waals surface area contributed by atoms with Crippen molar-refractivity contribution in [2.24, 2.45) is 11.8 Å². The standard InChI is InChI=1S/C36H62N4O4/c41-33(37-29-17-5-1-6-18-29)25-27(35(43)39-31-21-9-3-10-22-31)15-13-14-16-28(36(44)40-32-23-11-4-12-24-32)26-34(42)38-30-19-7-2-8-20-30/h27-32H,1-26H2,(H,37,41)(H,38,42)(H,39,43)(H,40,44). The molecule has 0 saturated heterocycles. The first-order valence-corrected chi connectivity index (χ1v) is 18.7. The Hall–Kier alpha value is -2.12. The summed E-state index contributed by atoms with van der Waals surface area (Å²) in [7, 11) is 0. The van der Waals surface area contributed by atoms with Gasteiger partial charge in [0.1, 0.15) is 0 Å². The van der Waals surface area contributed by atoms with Crippen LogP contribution in [0.2, 0.25) is 0 Å². The minimum absolute atomic E-state index is 0.00847. The Bertz CT molecular complexity index is 815. The molecule has 2 atom stereocenters. The molecule has 4 fully saturated rings. The van der Waals surface area contributed by atoms with Crippen LogP contribution in [0.1, 0.15) is 167 Å². The summed E-state index contributed by atoms with van der Waals surface area (Å²) < 4.78 is 0. The monoisotopic (exact) mass is 614 g/mol. The summed E-state index contributed by atoms with van der Waals surface area (Å²) in [6, 6.07) is 0.911. The van der Waals surface area contributed by atoms with Gasteiger partial charge in [-0.15, -0.1) is 0 Å². The van der Waals surface area contributed by atoms with Gasteiger partial charge in [-0.3, -0.25) is 19.2 Å². The minimum Gasteiger partial charge on any atom is -0.353 e. The van der Waals surface area contributed by atoms with E-state index in [4.69, 9.17) is 0 Å². The molecule has 0 aromatic carbocycles. The smallest absolute Gasteiger partial charge is 0.223 e. The molecule has 4 aliphatic rings. The van der Waals surface area contributed by atoms with Gasteiger partial charge in [-0.2, -0.15) is 0 Å². The third kappa shape index (κ3) is 12.7. The first kappa shape index (κ1) is 34.7. The maximum atomic E-state index is 13.4. The van der Waals surface area contributed by atoms with Gasteiger partial charge in [0.2, 0.25) is 23.6 Å². The van der Waals surface area contributed by atoms with E-state index in [9.17, 15) is 19.2 Å². The molecule has 2 unspecified atom stereocenters. The molecule has 0 bridgehead atoms. The van der Waals surface area contributed by atoms with E-state index in [2.05, 4.69) is 21.3 Å². The Labute approximate surface area is 266 Å². The molecule has 0 aromatic rings. The third-order valence-corrected chi connectivity index (χ3v) is 10.8. The Morgan fingerprint density at radius 2 is 0.682 bits per heavy atom. The molecule has 44 heavy (non-hydrogen) atoms. The lowest BCUT2D eigenvalue weighted by Gasteiger charge is -2.27. The molecule has 8 nitrogen and oxygen atoms in total. The molecule has 0 aromatic heterocycles. The van der Waals surface area contributed by atoms with Gasteiger partial charge in [0.15, 0.2) is 0 Å². The van der Waals surface area contributed by atoms with E-state index in [0.29, 0.717) is 12.8 Å². The number of unbranched alkanes of at least 4 members (excludes halogenated alkanes) is 1. The molecule has 8 heteroatoms. The second kappa shape index (κ2) is 19.4. The highest BCUT2D eigenvalue weighted by molar-refractivity contribution is 5.86. The summed E-state index contributed by atoms with van der Waals surface area (Å²) >= 11 is 0. The normalized spacial score (nSPS) is 22.5. The van der Waals surface area contributed by atoms with Crippen LogP contribution in [-0.2, 0) is 19.2 Å². The van der Waals surface area contributed by atoms with E-state index in [-0.39, 0.29) is 72.5 Å². The summed E-state index contributed by atoms with van der Waals surface area (Å²) in [4.78, 5) is 52.9. The number of amides is 4. The summed E-state index contributed by atoms with van der Waals surface area (Å²) in [6.45, 7) is 0. The molecule has 0 spiro atoms. The molecule has 4 saturated carbocycles. The number of carbonyl (C=O) groups is 4. The average molecular weight is 615 g/mol. The zero-order valence-electron chi connectivity index (χ0n) is 27.5. The van der Waals surface area contributed by atoms with Crippen LogP contribution in [0, 0.1) is 11.8 Å². The van der Waals surface area contributed by atoms with Crippen molar-refractivity contribution in [3.8, 4) is 0 Å². The SMILES string of the molecule is O=C(CC(CCCCC(CC(=O)NC1CCCCC1)C(=O)NC1CCCCC1)C(=O)NC1CCCCC1)NC1CCCCC1. The zero-order chi connectivity index (χ0) is 31.0. The van der Waals surface area contributed by atoms with Gasteiger partial charge in [0.25, 0.3) is 0 Å². The number of nitrogens with one attached hydrogen (secondary N) is 4. The molecule has 4 aliphatic carbocycles. The fraction of sp³-hybridized carbons (Fsp3) is 0.889.